The third-order valence-electron chi connectivity index (χ3n) is 7.94. The quantitative estimate of drug-likeness (QED) is 0.278. The summed E-state index contributed by atoms with van der Waals surface area (Å²) in [4.78, 5) is 14.8. The molecule has 3 aromatic rings. The highest BCUT2D eigenvalue weighted by Gasteiger charge is 2.29. The average Bonchev–Trinajstić information content (AvgIpc) is 3.04. The van der Waals surface area contributed by atoms with Crippen LogP contribution in [0, 0.1) is 51.2 Å². The number of rotatable bonds is 1. The van der Waals surface area contributed by atoms with Crippen molar-refractivity contribution in [1.82, 2.24) is 0 Å². The monoisotopic (exact) mass is 573 g/mol. The fraction of sp³-hybridized carbons (Fsp3) is 0.171. The van der Waals surface area contributed by atoms with Crippen LogP contribution in [0.4, 0.5) is 17.1 Å². The largest absolute Gasteiger partial charge is 0.258 e. The molecule has 43 heavy (non-hydrogen) atoms. The number of aliphatic imine (C=N–C) groups is 3. The van der Waals surface area contributed by atoms with Gasteiger partial charge >= 0.3 is 0 Å². The summed E-state index contributed by atoms with van der Waals surface area (Å²) in [6.45, 7) is 4.25. The summed E-state index contributed by atoms with van der Waals surface area (Å²) in [6, 6.07) is 21.7. The molecular formula is C35H24N7P. The van der Waals surface area contributed by atoms with Crippen molar-refractivity contribution < 1.29 is 0 Å². The molecule has 2 heterocycles. The molecule has 1 aliphatic carbocycles. The zero-order valence-corrected chi connectivity index (χ0v) is 24.6. The molecule has 7 nitrogen and oxygen atoms in total. The summed E-state index contributed by atoms with van der Waals surface area (Å²) in [5.41, 5.74) is 9.29. The van der Waals surface area contributed by atoms with Gasteiger partial charge in [-0.25, -0.2) is 0 Å². The minimum absolute atomic E-state index is 0.0791. The van der Waals surface area contributed by atoms with Crippen LogP contribution in [0.25, 0.3) is 5.57 Å². The lowest BCUT2D eigenvalue weighted by molar-refractivity contribution is 0.898. The molecule has 0 aromatic heterocycles. The van der Waals surface area contributed by atoms with Crippen molar-refractivity contribution in [1.29, 1.82) is 21.0 Å². The van der Waals surface area contributed by atoms with Crippen LogP contribution in [0.1, 0.15) is 71.3 Å². The number of fused-ring (bicyclic) bond motifs is 2. The zero-order chi connectivity index (χ0) is 30.1. The molecule has 3 atom stereocenters. The first-order valence-electron chi connectivity index (χ1n) is 13.9. The van der Waals surface area contributed by atoms with E-state index in [1.807, 2.05) is 18.5 Å². The van der Waals surface area contributed by atoms with Crippen molar-refractivity contribution in [3.8, 4) is 24.3 Å². The van der Waals surface area contributed by atoms with Crippen LogP contribution in [0.3, 0.4) is 0 Å². The second kappa shape index (κ2) is 11.4. The fourth-order valence-corrected chi connectivity index (χ4v) is 7.23. The number of hydrogen-bond donors (Lipinski definition) is 0. The van der Waals surface area contributed by atoms with E-state index >= 15 is 0 Å². The molecule has 0 saturated heterocycles. The summed E-state index contributed by atoms with van der Waals surface area (Å²) in [5.74, 6) is -0.0818. The molecule has 8 heteroatoms. The molecule has 0 N–H and O–H groups in total. The summed E-state index contributed by atoms with van der Waals surface area (Å²) in [6.07, 6.45) is 9.35. The highest BCUT2D eigenvalue weighted by Crippen LogP contribution is 2.46. The maximum atomic E-state index is 9.71. The Labute approximate surface area is 252 Å². The fourth-order valence-electron chi connectivity index (χ4n) is 5.86. The lowest BCUT2D eigenvalue weighted by Gasteiger charge is -2.29. The Kier molecular flexibility index (Phi) is 7.36. The van der Waals surface area contributed by atoms with Crippen molar-refractivity contribution in [3.63, 3.8) is 0 Å². The molecule has 3 unspecified atom stereocenters. The molecule has 204 valence electrons. The van der Waals surface area contributed by atoms with Crippen molar-refractivity contribution >= 4 is 54.7 Å². The molecule has 0 bridgehead atoms. The standard InChI is InChI=1S/C35H24N7P/c1-3-29-28-9-5-8-27-20(2)43-33-13-26(17-39)25(16-38)12-32(33)41-19-22-7-4-6-21(34(22)35(27)28)18-40-30-10-23(14-36)24(15-37)11-31(30)42-29/h4-5,7-13,18-21,43H,3,6H2,1-2H3/b40-18+,41-19+,42-29+. The Morgan fingerprint density at radius 3 is 2.23 bits per heavy atom. The van der Waals surface area contributed by atoms with Gasteiger partial charge in [-0.1, -0.05) is 52.8 Å². The second-order valence-corrected chi connectivity index (χ2v) is 12.1. The van der Waals surface area contributed by atoms with E-state index in [0.717, 1.165) is 39.7 Å². The van der Waals surface area contributed by atoms with E-state index < -0.39 is 0 Å². The third-order valence-corrected chi connectivity index (χ3v) is 9.40. The van der Waals surface area contributed by atoms with E-state index in [-0.39, 0.29) is 22.7 Å². The number of nitrogens with zero attached hydrogens (tertiary/aromatic N) is 7. The molecule has 0 fully saturated rings. The van der Waals surface area contributed by atoms with Crippen LogP contribution in [0.15, 0.2) is 75.2 Å². The summed E-state index contributed by atoms with van der Waals surface area (Å²) in [5, 5.41) is 39.7. The van der Waals surface area contributed by atoms with Crippen LogP contribution < -0.4 is 5.30 Å². The van der Waals surface area contributed by atoms with E-state index in [0.29, 0.717) is 43.2 Å². The minimum Gasteiger partial charge on any atom is -0.258 e. The number of allylic oxidation sites excluding steroid dienone is 4. The van der Waals surface area contributed by atoms with Gasteiger partial charge in [-0.15, -0.1) is 0 Å². The highest BCUT2D eigenvalue weighted by molar-refractivity contribution is 7.48. The van der Waals surface area contributed by atoms with Gasteiger partial charge in [0.15, 0.2) is 0 Å². The predicted octanol–water partition coefficient (Wildman–Crippen LogP) is 7.53. The molecular weight excluding hydrogens is 549 g/mol. The van der Waals surface area contributed by atoms with Crippen molar-refractivity contribution in [3.05, 3.63) is 99.1 Å². The summed E-state index contributed by atoms with van der Waals surface area (Å²) >= 11 is 0. The van der Waals surface area contributed by atoms with Crippen LogP contribution in [-0.2, 0) is 0 Å². The van der Waals surface area contributed by atoms with Gasteiger partial charge in [0, 0.05) is 40.6 Å². The van der Waals surface area contributed by atoms with Crippen molar-refractivity contribution in [2.24, 2.45) is 20.9 Å². The smallest absolute Gasteiger partial charge is 0.101 e. The Hall–Kier alpha value is -5.46. The molecule has 0 spiro atoms. The Morgan fingerprint density at radius 2 is 1.53 bits per heavy atom. The minimum atomic E-state index is -0.0818. The molecule has 0 radical (unpaired) electrons. The van der Waals surface area contributed by atoms with Gasteiger partial charge < -0.3 is 0 Å². The Bertz CT molecular complexity index is 2030. The van der Waals surface area contributed by atoms with Gasteiger partial charge in [0.25, 0.3) is 0 Å². The van der Waals surface area contributed by atoms with Crippen molar-refractivity contribution in [2.45, 2.75) is 32.3 Å². The lowest BCUT2D eigenvalue weighted by atomic mass is 9.78. The second-order valence-electron chi connectivity index (χ2n) is 10.4. The van der Waals surface area contributed by atoms with Crippen molar-refractivity contribution in [2.75, 3.05) is 0 Å². The third kappa shape index (κ3) is 4.88. The van der Waals surface area contributed by atoms with E-state index in [4.69, 9.17) is 15.0 Å². The maximum Gasteiger partial charge on any atom is 0.101 e. The Balaban J connectivity index is 1.69. The van der Waals surface area contributed by atoms with Crippen LogP contribution in [0.5, 0.6) is 0 Å². The van der Waals surface area contributed by atoms with Gasteiger partial charge in [-0.3, -0.25) is 15.0 Å². The van der Waals surface area contributed by atoms with Crippen LogP contribution >= 0.6 is 8.58 Å². The molecule has 3 aliphatic rings. The number of hydrogen-bond acceptors (Lipinski definition) is 7. The van der Waals surface area contributed by atoms with Crippen LogP contribution in [-0.4, -0.2) is 18.1 Å². The first-order chi connectivity index (χ1) is 21.0. The number of benzene rings is 3. The number of nitriles is 4. The van der Waals surface area contributed by atoms with Gasteiger partial charge in [0.1, 0.15) is 24.3 Å². The molecule has 0 saturated carbocycles. The normalized spacial score (nSPS) is 21.3. The average molecular weight is 574 g/mol. The van der Waals surface area contributed by atoms with Gasteiger partial charge in [-0.05, 0) is 59.4 Å². The van der Waals surface area contributed by atoms with E-state index in [1.54, 1.807) is 18.2 Å². The molecule has 3 aromatic carbocycles. The van der Waals surface area contributed by atoms with Crippen LogP contribution in [0.2, 0.25) is 0 Å². The molecule has 2 aliphatic heterocycles. The van der Waals surface area contributed by atoms with Gasteiger partial charge in [0.2, 0.25) is 0 Å². The lowest BCUT2D eigenvalue weighted by Crippen LogP contribution is -2.18. The maximum absolute atomic E-state index is 9.71. The summed E-state index contributed by atoms with van der Waals surface area (Å²) < 4.78 is 0. The SMILES string of the molecule is CC/C1=N\c2cc(C#N)c(C#N)cc2/N=C/C2CC=CC3=C2c2c1cccc2C(C)Pc1cc(C#N)c(C#N)cc1/N=C/3. The topological polar surface area (TPSA) is 132 Å². The van der Waals surface area contributed by atoms with E-state index in [2.05, 4.69) is 68.5 Å². The van der Waals surface area contributed by atoms with E-state index in [1.165, 1.54) is 5.56 Å². The van der Waals surface area contributed by atoms with Gasteiger partial charge in [-0.2, -0.15) is 21.0 Å². The first-order valence-corrected chi connectivity index (χ1v) is 15.0. The Morgan fingerprint density at radius 1 is 0.860 bits per heavy atom. The predicted molar refractivity (Wildman–Crippen MR) is 172 cm³/mol. The molecule has 0 amide bonds. The van der Waals surface area contributed by atoms with Gasteiger partial charge in [0.05, 0.1) is 39.3 Å². The highest BCUT2D eigenvalue weighted by atomic mass is 31.1. The molecule has 6 rings (SSSR count). The van der Waals surface area contributed by atoms with E-state index in [9.17, 15) is 21.0 Å². The first kappa shape index (κ1) is 27.7. The summed E-state index contributed by atoms with van der Waals surface area (Å²) in [7, 11) is 0.304. The zero-order valence-electron chi connectivity index (χ0n) is 23.6.